The van der Waals surface area contributed by atoms with Crippen LogP contribution in [-0.4, -0.2) is 38.5 Å². The second-order valence-corrected chi connectivity index (χ2v) is 4.57. The maximum Gasteiger partial charge on any atom is 0.128 e. The molecule has 1 aromatic rings. The number of thioether (sulfide) groups is 1. The quantitative estimate of drug-likeness (QED) is 0.693. The molecule has 0 N–H and O–H groups in total. The van der Waals surface area contributed by atoms with Crippen molar-refractivity contribution in [2.24, 2.45) is 0 Å². The normalized spacial score (nSPS) is 10.3. The number of aromatic nitrogens is 1. The van der Waals surface area contributed by atoms with Crippen molar-refractivity contribution in [3.05, 3.63) is 23.9 Å². The van der Waals surface area contributed by atoms with Crippen molar-refractivity contribution < 1.29 is 4.74 Å². The van der Waals surface area contributed by atoms with Gasteiger partial charge < -0.3 is 9.64 Å². The molecule has 84 valence electrons. The third-order valence-electron chi connectivity index (χ3n) is 1.97. The van der Waals surface area contributed by atoms with Gasteiger partial charge in [-0.3, -0.25) is 0 Å². The zero-order valence-electron chi connectivity index (χ0n) is 9.56. The van der Waals surface area contributed by atoms with E-state index in [2.05, 4.69) is 17.1 Å². The fourth-order valence-corrected chi connectivity index (χ4v) is 1.97. The van der Waals surface area contributed by atoms with E-state index in [9.17, 15) is 0 Å². The Hall–Kier alpha value is -0.740. The Morgan fingerprint density at radius 1 is 1.47 bits per heavy atom. The van der Waals surface area contributed by atoms with Gasteiger partial charge in [-0.2, -0.15) is 11.8 Å². The van der Waals surface area contributed by atoms with Crippen LogP contribution < -0.4 is 4.90 Å². The molecule has 1 heterocycles. The minimum atomic E-state index is 0.816. The summed E-state index contributed by atoms with van der Waals surface area (Å²) < 4.78 is 5.00. The number of anilines is 1. The highest BCUT2D eigenvalue weighted by atomic mass is 32.2. The van der Waals surface area contributed by atoms with Gasteiger partial charge in [-0.15, -0.1) is 0 Å². The molecule has 0 amide bonds. The van der Waals surface area contributed by atoms with Crippen LogP contribution in [0.25, 0.3) is 0 Å². The summed E-state index contributed by atoms with van der Waals surface area (Å²) in [5, 5.41) is 0. The lowest BCUT2D eigenvalue weighted by Gasteiger charge is -2.11. The van der Waals surface area contributed by atoms with E-state index in [1.165, 1.54) is 5.56 Å². The molecule has 3 nitrogen and oxygen atoms in total. The van der Waals surface area contributed by atoms with Gasteiger partial charge in [0.15, 0.2) is 0 Å². The lowest BCUT2D eigenvalue weighted by Crippen LogP contribution is -2.10. The third-order valence-corrected chi connectivity index (χ3v) is 2.96. The second-order valence-electron chi connectivity index (χ2n) is 3.46. The molecule has 0 saturated carbocycles. The monoisotopic (exact) mass is 226 g/mol. The molecule has 1 aromatic heterocycles. The van der Waals surface area contributed by atoms with Crippen molar-refractivity contribution in [1.82, 2.24) is 4.98 Å². The van der Waals surface area contributed by atoms with E-state index in [-0.39, 0.29) is 0 Å². The minimum Gasteiger partial charge on any atom is -0.384 e. The highest BCUT2D eigenvalue weighted by Crippen LogP contribution is 2.15. The van der Waals surface area contributed by atoms with Crippen LogP contribution in [0.4, 0.5) is 5.82 Å². The molecular weight excluding hydrogens is 208 g/mol. The molecule has 0 atom stereocenters. The molecule has 0 radical (unpaired) electrons. The second kappa shape index (κ2) is 6.69. The zero-order chi connectivity index (χ0) is 11.1. The van der Waals surface area contributed by atoms with Crippen LogP contribution in [0.15, 0.2) is 18.3 Å². The largest absolute Gasteiger partial charge is 0.384 e. The van der Waals surface area contributed by atoms with Gasteiger partial charge in [0.1, 0.15) is 5.82 Å². The van der Waals surface area contributed by atoms with E-state index in [4.69, 9.17) is 4.74 Å². The van der Waals surface area contributed by atoms with Crippen molar-refractivity contribution in [3.63, 3.8) is 0 Å². The van der Waals surface area contributed by atoms with Gasteiger partial charge >= 0.3 is 0 Å². The predicted molar refractivity (Wildman–Crippen MR) is 66.6 cm³/mol. The molecule has 0 aliphatic heterocycles. The molecule has 0 fully saturated rings. The molecule has 0 aromatic carbocycles. The zero-order valence-corrected chi connectivity index (χ0v) is 10.4. The van der Waals surface area contributed by atoms with E-state index in [1.54, 1.807) is 7.11 Å². The summed E-state index contributed by atoms with van der Waals surface area (Å²) >= 11 is 1.88. The standard InChI is InChI=1S/C11H18N2OS/c1-13(2)11-8-10(4-5-12-11)9-15-7-6-14-3/h4-5,8H,6-7,9H2,1-3H3. The Morgan fingerprint density at radius 2 is 2.27 bits per heavy atom. The highest BCUT2D eigenvalue weighted by Gasteiger charge is 1.99. The average molecular weight is 226 g/mol. The van der Waals surface area contributed by atoms with Crippen LogP contribution in [0.5, 0.6) is 0 Å². The van der Waals surface area contributed by atoms with Gasteiger partial charge in [-0.1, -0.05) is 0 Å². The fourth-order valence-electron chi connectivity index (χ4n) is 1.13. The Bertz CT molecular complexity index is 292. The molecule has 0 bridgehead atoms. The summed E-state index contributed by atoms with van der Waals surface area (Å²) in [7, 11) is 5.74. The number of hydrogen-bond donors (Lipinski definition) is 0. The van der Waals surface area contributed by atoms with E-state index < -0.39 is 0 Å². The van der Waals surface area contributed by atoms with E-state index in [1.807, 2.05) is 37.0 Å². The summed E-state index contributed by atoms with van der Waals surface area (Å²) in [6, 6.07) is 4.19. The van der Waals surface area contributed by atoms with Crippen LogP contribution in [0.1, 0.15) is 5.56 Å². The molecule has 0 unspecified atom stereocenters. The number of ether oxygens (including phenoxy) is 1. The maximum absolute atomic E-state index is 5.00. The minimum absolute atomic E-state index is 0.816. The van der Waals surface area contributed by atoms with Crippen LogP contribution in [0.3, 0.4) is 0 Å². The van der Waals surface area contributed by atoms with Gasteiger partial charge in [-0.25, -0.2) is 4.98 Å². The molecule has 4 heteroatoms. The average Bonchev–Trinajstić information content (AvgIpc) is 2.25. The van der Waals surface area contributed by atoms with Crippen LogP contribution in [-0.2, 0) is 10.5 Å². The molecule has 0 spiro atoms. The summed E-state index contributed by atoms with van der Waals surface area (Å²) in [6.45, 7) is 0.816. The Balaban J connectivity index is 2.43. The van der Waals surface area contributed by atoms with Crippen LogP contribution in [0.2, 0.25) is 0 Å². The first kappa shape index (κ1) is 12.3. The summed E-state index contributed by atoms with van der Waals surface area (Å²) in [5.41, 5.74) is 1.31. The summed E-state index contributed by atoms with van der Waals surface area (Å²) in [6.07, 6.45) is 1.86. The molecule has 1 rings (SSSR count). The maximum atomic E-state index is 5.00. The van der Waals surface area contributed by atoms with Crippen molar-refractivity contribution in [2.75, 3.05) is 38.5 Å². The van der Waals surface area contributed by atoms with Crippen molar-refractivity contribution in [3.8, 4) is 0 Å². The van der Waals surface area contributed by atoms with Crippen LogP contribution >= 0.6 is 11.8 Å². The van der Waals surface area contributed by atoms with Gasteiger partial charge in [0, 0.05) is 38.9 Å². The first-order valence-corrected chi connectivity index (χ1v) is 6.08. The number of rotatable bonds is 6. The first-order chi connectivity index (χ1) is 7.24. The Morgan fingerprint density at radius 3 is 2.93 bits per heavy atom. The topological polar surface area (TPSA) is 25.4 Å². The van der Waals surface area contributed by atoms with Crippen LogP contribution in [0, 0.1) is 0 Å². The number of pyridine rings is 1. The number of nitrogens with zero attached hydrogens (tertiary/aromatic N) is 2. The van der Waals surface area contributed by atoms with Crippen molar-refractivity contribution in [2.45, 2.75) is 5.75 Å². The van der Waals surface area contributed by atoms with Gasteiger partial charge in [-0.05, 0) is 17.7 Å². The van der Waals surface area contributed by atoms with Gasteiger partial charge in [0.05, 0.1) is 6.61 Å². The molecule has 0 aliphatic rings. The Labute approximate surface area is 95.8 Å². The van der Waals surface area contributed by atoms with E-state index in [0.29, 0.717) is 0 Å². The number of hydrogen-bond acceptors (Lipinski definition) is 4. The Kier molecular flexibility index (Phi) is 5.50. The number of methoxy groups -OCH3 is 1. The predicted octanol–water partition coefficient (Wildman–Crippen LogP) is 2.03. The van der Waals surface area contributed by atoms with E-state index >= 15 is 0 Å². The highest BCUT2D eigenvalue weighted by molar-refractivity contribution is 7.98. The first-order valence-electron chi connectivity index (χ1n) is 4.93. The SMILES string of the molecule is COCCSCc1ccnc(N(C)C)c1. The summed E-state index contributed by atoms with van der Waals surface area (Å²) in [4.78, 5) is 6.29. The molecule has 0 aliphatic carbocycles. The lowest BCUT2D eigenvalue weighted by molar-refractivity contribution is 0.218. The smallest absolute Gasteiger partial charge is 0.128 e. The van der Waals surface area contributed by atoms with Crippen molar-refractivity contribution in [1.29, 1.82) is 0 Å². The summed E-state index contributed by atoms with van der Waals surface area (Å²) in [5.74, 6) is 3.07. The fraction of sp³-hybridized carbons (Fsp3) is 0.545. The van der Waals surface area contributed by atoms with E-state index in [0.717, 1.165) is 23.9 Å². The molecule has 15 heavy (non-hydrogen) atoms. The van der Waals surface area contributed by atoms with Gasteiger partial charge in [0.25, 0.3) is 0 Å². The van der Waals surface area contributed by atoms with Crippen molar-refractivity contribution >= 4 is 17.6 Å². The third kappa shape index (κ3) is 4.53. The lowest BCUT2D eigenvalue weighted by atomic mass is 10.3. The van der Waals surface area contributed by atoms with Gasteiger partial charge in [0.2, 0.25) is 0 Å². The molecule has 0 saturated heterocycles. The molecular formula is C11H18N2OS.